The minimum atomic E-state index is -0.312. The van der Waals surface area contributed by atoms with Gasteiger partial charge in [0.05, 0.1) is 24.4 Å². The minimum Gasteiger partial charge on any atom is -0.490 e. The molecule has 1 aliphatic heterocycles. The van der Waals surface area contributed by atoms with Crippen molar-refractivity contribution in [2.75, 3.05) is 18.4 Å². The van der Waals surface area contributed by atoms with E-state index in [2.05, 4.69) is 5.32 Å². The molecule has 0 aromatic heterocycles. The smallest absolute Gasteiger partial charge is 0.322 e. The Labute approximate surface area is 144 Å². The molecule has 1 heterocycles. The lowest BCUT2D eigenvalue weighted by Gasteiger charge is -2.41. The van der Waals surface area contributed by atoms with E-state index in [1.807, 2.05) is 49.9 Å². The van der Waals surface area contributed by atoms with Crippen molar-refractivity contribution in [1.29, 1.82) is 0 Å². The van der Waals surface area contributed by atoms with Crippen molar-refractivity contribution in [3.8, 4) is 5.75 Å². The number of ether oxygens (including phenoxy) is 2. The summed E-state index contributed by atoms with van der Waals surface area (Å²) in [6.07, 6.45) is 5.19. The van der Waals surface area contributed by atoms with Gasteiger partial charge >= 0.3 is 6.03 Å². The first-order valence-corrected chi connectivity index (χ1v) is 8.92. The second kappa shape index (κ2) is 7.01. The van der Waals surface area contributed by atoms with Crippen LogP contribution in [0, 0.1) is 0 Å². The van der Waals surface area contributed by atoms with Gasteiger partial charge in [0.15, 0.2) is 0 Å². The van der Waals surface area contributed by atoms with Crippen LogP contribution >= 0.6 is 0 Å². The van der Waals surface area contributed by atoms with Crippen LogP contribution in [0.25, 0.3) is 0 Å². The molecule has 0 bridgehead atoms. The predicted octanol–water partition coefficient (Wildman–Crippen LogP) is 4.04. The molecule has 1 atom stereocenters. The summed E-state index contributed by atoms with van der Waals surface area (Å²) in [5.74, 6) is 0.876. The molecule has 1 N–H and O–H groups in total. The molecule has 5 heteroatoms. The van der Waals surface area contributed by atoms with Crippen molar-refractivity contribution >= 4 is 11.7 Å². The fraction of sp³-hybridized carbons (Fsp3) is 0.632. The number of anilines is 1. The van der Waals surface area contributed by atoms with Gasteiger partial charge in [0, 0.05) is 12.2 Å². The second-order valence-corrected chi connectivity index (χ2v) is 7.55. The van der Waals surface area contributed by atoms with Gasteiger partial charge in [-0.05, 0) is 70.7 Å². The number of rotatable bonds is 3. The molecule has 2 aliphatic rings. The molecule has 24 heavy (non-hydrogen) atoms. The summed E-state index contributed by atoms with van der Waals surface area (Å²) < 4.78 is 11.8. The molecule has 1 aromatic rings. The van der Waals surface area contributed by atoms with Gasteiger partial charge in [-0.1, -0.05) is 0 Å². The van der Waals surface area contributed by atoms with Gasteiger partial charge < -0.3 is 19.7 Å². The minimum absolute atomic E-state index is 0.0432. The van der Waals surface area contributed by atoms with E-state index in [0.717, 1.165) is 24.3 Å². The molecule has 5 nitrogen and oxygen atoms in total. The van der Waals surface area contributed by atoms with E-state index in [9.17, 15) is 4.79 Å². The zero-order valence-corrected chi connectivity index (χ0v) is 14.9. The zero-order chi connectivity index (χ0) is 17.2. The van der Waals surface area contributed by atoms with Crippen LogP contribution in [-0.4, -0.2) is 41.8 Å². The number of hydrogen-bond acceptors (Lipinski definition) is 3. The van der Waals surface area contributed by atoms with Crippen LogP contribution in [0.5, 0.6) is 5.75 Å². The van der Waals surface area contributed by atoms with Crippen LogP contribution in [0.2, 0.25) is 0 Å². The third-order valence-electron chi connectivity index (χ3n) is 4.57. The molecule has 132 valence electrons. The van der Waals surface area contributed by atoms with Gasteiger partial charge in [-0.15, -0.1) is 0 Å². The van der Waals surface area contributed by atoms with E-state index >= 15 is 0 Å². The highest BCUT2D eigenvalue weighted by Gasteiger charge is 2.33. The standard InChI is InChI=1S/C19H28N2O3/c1-14-12-21(13-19(2,3)24-14)18(22)20-15-8-10-17(11-9-15)23-16-6-4-5-7-16/h8-11,14,16H,4-7,12-13H2,1-3H3,(H,20,22). The summed E-state index contributed by atoms with van der Waals surface area (Å²) in [7, 11) is 0. The average Bonchev–Trinajstić information content (AvgIpc) is 3.00. The van der Waals surface area contributed by atoms with Gasteiger partial charge in [-0.2, -0.15) is 0 Å². The van der Waals surface area contributed by atoms with Crippen molar-refractivity contribution in [2.45, 2.75) is 64.3 Å². The predicted molar refractivity (Wildman–Crippen MR) is 94.5 cm³/mol. The summed E-state index contributed by atoms with van der Waals surface area (Å²) >= 11 is 0. The molecule has 0 spiro atoms. The van der Waals surface area contributed by atoms with Crippen LogP contribution in [0.3, 0.4) is 0 Å². The highest BCUT2D eigenvalue weighted by molar-refractivity contribution is 5.89. The van der Waals surface area contributed by atoms with E-state index in [1.165, 1.54) is 12.8 Å². The fourth-order valence-electron chi connectivity index (χ4n) is 3.63. The van der Waals surface area contributed by atoms with Gasteiger partial charge in [0.1, 0.15) is 5.75 Å². The Hall–Kier alpha value is -1.75. The third kappa shape index (κ3) is 4.41. The fourth-order valence-corrected chi connectivity index (χ4v) is 3.63. The monoisotopic (exact) mass is 332 g/mol. The normalized spacial score (nSPS) is 24.0. The Morgan fingerprint density at radius 3 is 2.54 bits per heavy atom. The van der Waals surface area contributed by atoms with Crippen molar-refractivity contribution < 1.29 is 14.3 Å². The Balaban J connectivity index is 1.56. The number of urea groups is 1. The molecule has 3 rings (SSSR count). The number of morpholine rings is 1. The Morgan fingerprint density at radius 1 is 1.25 bits per heavy atom. The molecule has 2 amide bonds. The summed E-state index contributed by atoms with van der Waals surface area (Å²) in [5.41, 5.74) is 0.476. The van der Waals surface area contributed by atoms with Crippen LogP contribution in [-0.2, 0) is 4.74 Å². The highest BCUT2D eigenvalue weighted by atomic mass is 16.5. The third-order valence-corrected chi connectivity index (χ3v) is 4.57. The summed E-state index contributed by atoms with van der Waals surface area (Å²) in [4.78, 5) is 14.3. The molecule has 1 unspecified atom stereocenters. The Morgan fingerprint density at radius 2 is 1.92 bits per heavy atom. The van der Waals surface area contributed by atoms with Gasteiger partial charge in [0.25, 0.3) is 0 Å². The maximum absolute atomic E-state index is 12.5. The van der Waals surface area contributed by atoms with E-state index < -0.39 is 0 Å². The maximum atomic E-state index is 12.5. The van der Waals surface area contributed by atoms with Crippen molar-refractivity contribution in [1.82, 2.24) is 4.90 Å². The molecule has 1 aromatic carbocycles. The maximum Gasteiger partial charge on any atom is 0.322 e. The number of carbonyl (C=O) groups is 1. The lowest BCUT2D eigenvalue weighted by molar-refractivity contribution is -0.116. The number of carbonyl (C=O) groups excluding carboxylic acids is 1. The molecule has 1 saturated heterocycles. The van der Waals surface area contributed by atoms with E-state index in [4.69, 9.17) is 9.47 Å². The van der Waals surface area contributed by atoms with Gasteiger partial charge in [-0.3, -0.25) is 0 Å². The number of hydrogen-bond donors (Lipinski definition) is 1. The van der Waals surface area contributed by atoms with Gasteiger partial charge in [-0.25, -0.2) is 4.79 Å². The first kappa shape index (κ1) is 17.1. The van der Waals surface area contributed by atoms with Crippen LogP contribution in [0.15, 0.2) is 24.3 Å². The van der Waals surface area contributed by atoms with Crippen molar-refractivity contribution in [2.24, 2.45) is 0 Å². The van der Waals surface area contributed by atoms with Crippen LogP contribution in [0.4, 0.5) is 10.5 Å². The number of benzene rings is 1. The van der Waals surface area contributed by atoms with E-state index in [1.54, 1.807) is 0 Å². The summed E-state index contributed by atoms with van der Waals surface area (Å²) in [5, 5.41) is 2.97. The lowest BCUT2D eigenvalue weighted by Crippen LogP contribution is -2.54. The second-order valence-electron chi connectivity index (χ2n) is 7.55. The van der Waals surface area contributed by atoms with Crippen LogP contribution < -0.4 is 10.1 Å². The lowest BCUT2D eigenvalue weighted by atomic mass is 10.1. The summed E-state index contributed by atoms with van der Waals surface area (Å²) in [6, 6.07) is 7.58. The zero-order valence-electron chi connectivity index (χ0n) is 14.9. The first-order chi connectivity index (χ1) is 11.4. The van der Waals surface area contributed by atoms with E-state index in [-0.39, 0.29) is 17.7 Å². The molecule has 0 radical (unpaired) electrons. The SMILES string of the molecule is CC1CN(C(=O)Nc2ccc(OC3CCCC3)cc2)CC(C)(C)O1. The first-order valence-electron chi connectivity index (χ1n) is 8.92. The highest BCUT2D eigenvalue weighted by Crippen LogP contribution is 2.25. The van der Waals surface area contributed by atoms with Gasteiger partial charge in [0.2, 0.25) is 0 Å². The van der Waals surface area contributed by atoms with Crippen molar-refractivity contribution in [3.05, 3.63) is 24.3 Å². The largest absolute Gasteiger partial charge is 0.490 e. The topological polar surface area (TPSA) is 50.8 Å². The van der Waals surface area contributed by atoms with Crippen molar-refractivity contribution in [3.63, 3.8) is 0 Å². The molecular weight excluding hydrogens is 304 g/mol. The van der Waals surface area contributed by atoms with Crippen LogP contribution in [0.1, 0.15) is 46.5 Å². The Bertz CT molecular complexity index is 564. The number of nitrogens with zero attached hydrogens (tertiary/aromatic N) is 1. The summed E-state index contributed by atoms with van der Waals surface area (Å²) in [6.45, 7) is 7.22. The Kier molecular flexibility index (Phi) is 4.99. The van der Waals surface area contributed by atoms with E-state index in [0.29, 0.717) is 19.2 Å². The number of amides is 2. The quantitative estimate of drug-likeness (QED) is 0.909. The molecular formula is C19H28N2O3. The molecule has 1 aliphatic carbocycles. The number of nitrogens with one attached hydrogen (secondary N) is 1. The average molecular weight is 332 g/mol. The molecule has 1 saturated carbocycles. The molecule has 2 fully saturated rings.